The number of esters is 1. The molecule has 1 saturated heterocycles. The lowest BCUT2D eigenvalue weighted by Crippen LogP contribution is -2.40. The summed E-state index contributed by atoms with van der Waals surface area (Å²) in [5.41, 5.74) is 0.846. The lowest BCUT2D eigenvalue weighted by atomic mass is 10.1. The van der Waals surface area contributed by atoms with Crippen molar-refractivity contribution in [2.45, 2.75) is 30.7 Å². The van der Waals surface area contributed by atoms with Gasteiger partial charge in [-0.3, -0.25) is 9.36 Å². The maximum Gasteiger partial charge on any atom is 0.338 e. The first-order chi connectivity index (χ1) is 14.9. The first-order valence-corrected chi connectivity index (χ1v) is 11.6. The standard InChI is InChI=1S/C22H23N3O5S/c1-2-30-22(27)16-7-9-18(10-8-16)31(28,29)24-13-11-17(12-14-24)25-15-23-20-6-4-3-5-19(20)21(25)26/h3-10,15,17H,2,11-14H2,1H3. The lowest BCUT2D eigenvalue weighted by molar-refractivity contribution is 0.0526. The van der Waals surface area contributed by atoms with Crippen molar-refractivity contribution in [2.75, 3.05) is 19.7 Å². The molecule has 1 aromatic heterocycles. The fourth-order valence-corrected chi connectivity index (χ4v) is 5.30. The normalized spacial score (nSPS) is 15.8. The van der Waals surface area contributed by atoms with Crippen LogP contribution in [0.4, 0.5) is 0 Å². The molecule has 0 unspecified atom stereocenters. The van der Waals surface area contributed by atoms with Crippen LogP contribution in [0.1, 0.15) is 36.2 Å². The Balaban J connectivity index is 1.49. The molecule has 0 aliphatic carbocycles. The van der Waals surface area contributed by atoms with Crippen molar-refractivity contribution in [3.8, 4) is 0 Å². The van der Waals surface area contributed by atoms with E-state index in [-0.39, 0.29) is 23.1 Å². The minimum absolute atomic E-state index is 0.109. The predicted molar refractivity (Wildman–Crippen MR) is 115 cm³/mol. The zero-order valence-electron chi connectivity index (χ0n) is 17.1. The van der Waals surface area contributed by atoms with Crippen LogP contribution in [0, 0.1) is 0 Å². The molecule has 2 aromatic carbocycles. The van der Waals surface area contributed by atoms with Crippen molar-refractivity contribution >= 4 is 26.9 Å². The molecule has 8 nitrogen and oxygen atoms in total. The van der Waals surface area contributed by atoms with Crippen molar-refractivity contribution in [1.82, 2.24) is 13.9 Å². The summed E-state index contributed by atoms with van der Waals surface area (Å²) in [5, 5.41) is 0.557. The largest absolute Gasteiger partial charge is 0.462 e. The minimum Gasteiger partial charge on any atom is -0.462 e. The SMILES string of the molecule is CCOC(=O)c1ccc(S(=O)(=O)N2CCC(n3cnc4ccccc4c3=O)CC2)cc1. The maximum atomic E-state index is 13.0. The molecule has 0 radical (unpaired) electrons. The van der Waals surface area contributed by atoms with Crippen LogP contribution in [-0.2, 0) is 14.8 Å². The Morgan fingerprint density at radius 3 is 2.45 bits per heavy atom. The van der Waals surface area contributed by atoms with Crippen LogP contribution < -0.4 is 5.56 Å². The third kappa shape index (κ3) is 4.11. The van der Waals surface area contributed by atoms with Gasteiger partial charge >= 0.3 is 5.97 Å². The summed E-state index contributed by atoms with van der Waals surface area (Å²) < 4.78 is 34.0. The van der Waals surface area contributed by atoms with Crippen molar-refractivity contribution < 1.29 is 17.9 Å². The highest BCUT2D eigenvalue weighted by molar-refractivity contribution is 7.89. The number of fused-ring (bicyclic) bond motifs is 1. The smallest absolute Gasteiger partial charge is 0.338 e. The number of sulfonamides is 1. The molecule has 31 heavy (non-hydrogen) atoms. The van der Waals surface area contributed by atoms with Crippen molar-refractivity contribution in [3.05, 3.63) is 70.8 Å². The van der Waals surface area contributed by atoms with Gasteiger partial charge in [-0.25, -0.2) is 18.2 Å². The highest BCUT2D eigenvalue weighted by Crippen LogP contribution is 2.26. The summed E-state index contributed by atoms with van der Waals surface area (Å²) in [6, 6.07) is 12.8. The molecule has 0 spiro atoms. The van der Waals surface area contributed by atoms with Crippen LogP contribution >= 0.6 is 0 Å². The molecular formula is C22H23N3O5S. The Morgan fingerprint density at radius 2 is 1.77 bits per heavy atom. The second-order valence-electron chi connectivity index (χ2n) is 7.35. The minimum atomic E-state index is -3.69. The monoisotopic (exact) mass is 441 g/mol. The zero-order valence-corrected chi connectivity index (χ0v) is 17.9. The number of benzene rings is 2. The Bertz CT molecular complexity index is 1260. The first-order valence-electron chi connectivity index (χ1n) is 10.1. The van der Waals surface area contributed by atoms with Gasteiger partial charge in [-0.1, -0.05) is 12.1 Å². The molecule has 2 heterocycles. The Kier molecular flexibility index (Phi) is 5.88. The fraction of sp³-hybridized carbons (Fsp3) is 0.318. The number of ether oxygens (including phenoxy) is 1. The van der Waals surface area contributed by atoms with E-state index in [0.29, 0.717) is 42.4 Å². The predicted octanol–water partition coefficient (Wildman–Crippen LogP) is 2.60. The zero-order chi connectivity index (χ0) is 22.0. The van der Waals surface area contributed by atoms with Crippen molar-refractivity contribution in [1.29, 1.82) is 0 Å². The van der Waals surface area contributed by atoms with Gasteiger partial charge in [-0.2, -0.15) is 4.31 Å². The van der Waals surface area contributed by atoms with E-state index in [9.17, 15) is 18.0 Å². The summed E-state index contributed by atoms with van der Waals surface area (Å²) >= 11 is 0. The van der Waals surface area contributed by atoms with E-state index in [0.717, 1.165) is 0 Å². The second kappa shape index (κ2) is 8.60. The molecule has 9 heteroatoms. The van der Waals surface area contributed by atoms with Gasteiger partial charge in [0.2, 0.25) is 10.0 Å². The molecule has 1 aliphatic heterocycles. The number of hydrogen-bond donors (Lipinski definition) is 0. The molecule has 4 rings (SSSR count). The molecule has 0 amide bonds. The molecular weight excluding hydrogens is 418 g/mol. The highest BCUT2D eigenvalue weighted by Gasteiger charge is 2.30. The molecule has 0 atom stereocenters. The number of rotatable bonds is 5. The Labute approximate surface area is 180 Å². The third-order valence-corrected chi connectivity index (χ3v) is 7.42. The Morgan fingerprint density at radius 1 is 1.10 bits per heavy atom. The second-order valence-corrected chi connectivity index (χ2v) is 9.29. The average molecular weight is 442 g/mol. The Hall–Kier alpha value is -3.04. The topological polar surface area (TPSA) is 98.6 Å². The van der Waals surface area contributed by atoms with Gasteiger partial charge in [0.25, 0.3) is 5.56 Å². The van der Waals surface area contributed by atoms with Crippen LogP contribution in [0.3, 0.4) is 0 Å². The summed E-state index contributed by atoms with van der Waals surface area (Å²) in [5.74, 6) is -0.485. The number of carbonyl (C=O) groups excluding carboxylic acids is 1. The number of para-hydroxylation sites is 1. The van der Waals surface area contributed by atoms with Crippen LogP contribution in [-0.4, -0.2) is 47.9 Å². The van der Waals surface area contributed by atoms with Gasteiger partial charge in [0.15, 0.2) is 0 Å². The van der Waals surface area contributed by atoms with Gasteiger partial charge in [0, 0.05) is 19.1 Å². The van der Waals surface area contributed by atoms with E-state index in [2.05, 4.69) is 4.98 Å². The molecule has 0 N–H and O–H groups in total. The number of nitrogens with zero attached hydrogens (tertiary/aromatic N) is 3. The summed E-state index contributed by atoms with van der Waals surface area (Å²) in [6.45, 7) is 2.56. The highest BCUT2D eigenvalue weighted by atomic mass is 32.2. The van der Waals surface area contributed by atoms with E-state index in [1.165, 1.54) is 28.6 Å². The van der Waals surface area contributed by atoms with E-state index in [4.69, 9.17) is 4.74 Å². The fourth-order valence-electron chi connectivity index (χ4n) is 3.83. The number of aromatic nitrogens is 2. The molecule has 0 bridgehead atoms. The van der Waals surface area contributed by atoms with Gasteiger partial charge in [-0.05, 0) is 56.2 Å². The quantitative estimate of drug-likeness (QED) is 0.565. The number of piperidine rings is 1. The van der Waals surface area contributed by atoms with E-state index >= 15 is 0 Å². The van der Waals surface area contributed by atoms with Crippen LogP contribution in [0.2, 0.25) is 0 Å². The van der Waals surface area contributed by atoms with E-state index < -0.39 is 16.0 Å². The summed E-state index contributed by atoms with van der Waals surface area (Å²) in [6.07, 6.45) is 2.58. The molecule has 3 aromatic rings. The summed E-state index contributed by atoms with van der Waals surface area (Å²) in [7, 11) is -3.69. The lowest BCUT2D eigenvalue weighted by Gasteiger charge is -2.32. The molecule has 1 aliphatic rings. The van der Waals surface area contributed by atoms with Gasteiger partial charge < -0.3 is 4.74 Å². The third-order valence-electron chi connectivity index (χ3n) is 5.51. The van der Waals surface area contributed by atoms with Gasteiger partial charge in [0.05, 0.1) is 34.3 Å². The molecule has 0 saturated carbocycles. The van der Waals surface area contributed by atoms with Crippen molar-refractivity contribution in [3.63, 3.8) is 0 Å². The van der Waals surface area contributed by atoms with Crippen LogP contribution in [0.5, 0.6) is 0 Å². The van der Waals surface area contributed by atoms with Gasteiger partial charge in [-0.15, -0.1) is 0 Å². The van der Waals surface area contributed by atoms with E-state index in [1.54, 1.807) is 36.0 Å². The van der Waals surface area contributed by atoms with Crippen LogP contribution in [0.15, 0.2) is 64.5 Å². The van der Waals surface area contributed by atoms with E-state index in [1.807, 2.05) is 6.07 Å². The molecule has 162 valence electrons. The summed E-state index contributed by atoms with van der Waals surface area (Å²) in [4.78, 5) is 29.1. The van der Waals surface area contributed by atoms with Crippen LogP contribution in [0.25, 0.3) is 10.9 Å². The van der Waals surface area contributed by atoms with Crippen molar-refractivity contribution in [2.24, 2.45) is 0 Å². The number of carbonyl (C=O) groups is 1. The first kappa shape index (κ1) is 21.2. The van der Waals surface area contributed by atoms with Gasteiger partial charge in [0.1, 0.15) is 0 Å². The average Bonchev–Trinajstić information content (AvgIpc) is 2.80. The maximum absolute atomic E-state index is 13.0. The number of hydrogen-bond acceptors (Lipinski definition) is 6. The molecule has 1 fully saturated rings.